The van der Waals surface area contributed by atoms with Crippen molar-refractivity contribution in [3.63, 3.8) is 0 Å². The predicted octanol–water partition coefficient (Wildman–Crippen LogP) is 4.16. The number of nitrogens with one attached hydrogen (secondary N) is 1. The van der Waals surface area contributed by atoms with E-state index in [1.165, 1.54) is 11.1 Å². The Morgan fingerprint density at radius 3 is 2.81 bits per heavy atom. The van der Waals surface area contributed by atoms with E-state index in [9.17, 15) is 4.79 Å². The van der Waals surface area contributed by atoms with E-state index >= 15 is 0 Å². The molecule has 3 rings (SSSR count). The van der Waals surface area contributed by atoms with Crippen LogP contribution >= 0.6 is 15.9 Å². The van der Waals surface area contributed by atoms with Crippen molar-refractivity contribution in [1.29, 1.82) is 0 Å². The Morgan fingerprint density at radius 2 is 2.00 bits per heavy atom. The number of rotatable bonds is 2. The average molecular weight is 344 g/mol. The molecular formula is C18H18BrNO. The first kappa shape index (κ1) is 14.3. The molecule has 0 saturated heterocycles. The number of carbonyl (C=O) groups excluding carboxylic acids is 1. The number of fused-ring (bicyclic) bond motifs is 1. The van der Waals surface area contributed by atoms with Gasteiger partial charge >= 0.3 is 0 Å². The van der Waals surface area contributed by atoms with Crippen molar-refractivity contribution < 1.29 is 4.79 Å². The highest BCUT2D eigenvalue weighted by Gasteiger charge is 2.19. The van der Waals surface area contributed by atoms with Gasteiger partial charge in [-0.2, -0.15) is 0 Å². The van der Waals surface area contributed by atoms with Crippen molar-refractivity contribution in [1.82, 2.24) is 5.32 Å². The van der Waals surface area contributed by atoms with Crippen LogP contribution < -0.4 is 5.32 Å². The SMILES string of the molecule is Cc1ccccc1C(Br)c1ccc2c(c1)C(=O)NCCC2. The summed E-state index contributed by atoms with van der Waals surface area (Å²) in [5.41, 5.74) is 5.59. The highest BCUT2D eigenvalue weighted by atomic mass is 79.9. The first-order chi connectivity index (χ1) is 10.2. The smallest absolute Gasteiger partial charge is 0.251 e. The maximum Gasteiger partial charge on any atom is 0.251 e. The Morgan fingerprint density at radius 1 is 1.19 bits per heavy atom. The van der Waals surface area contributed by atoms with Gasteiger partial charge in [-0.05, 0) is 48.1 Å². The van der Waals surface area contributed by atoms with E-state index < -0.39 is 0 Å². The van der Waals surface area contributed by atoms with Gasteiger partial charge in [-0.25, -0.2) is 0 Å². The fourth-order valence-corrected chi connectivity index (χ4v) is 3.61. The van der Waals surface area contributed by atoms with Crippen LogP contribution in [0, 0.1) is 6.92 Å². The van der Waals surface area contributed by atoms with Crippen LogP contribution in [0.4, 0.5) is 0 Å². The molecule has 1 aliphatic rings. The molecular weight excluding hydrogens is 326 g/mol. The maximum absolute atomic E-state index is 12.2. The normalized spacial score (nSPS) is 15.8. The van der Waals surface area contributed by atoms with Gasteiger partial charge < -0.3 is 5.32 Å². The second kappa shape index (κ2) is 6.02. The molecule has 0 saturated carbocycles. The van der Waals surface area contributed by atoms with Crippen molar-refractivity contribution in [3.05, 3.63) is 70.3 Å². The van der Waals surface area contributed by atoms with Gasteiger partial charge in [-0.1, -0.05) is 52.3 Å². The molecule has 0 aliphatic carbocycles. The standard InChI is InChI=1S/C18H18BrNO/c1-12-5-2-3-7-15(12)17(19)14-9-8-13-6-4-10-20-18(21)16(13)11-14/h2-3,5,7-9,11,17H,4,6,10H2,1H3,(H,20,21). The van der Waals surface area contributed by atoms with E-state index in [1.54, 1.807) is 0 Å². The van der Waals surface area contributed by atoms with Gasteiger partial charge in [0.25, 0.3) is 5.91 Å². The van der Waals surface area contributed by atoms with Gasteiger partial charge in [-0.15, -0.1) is 0 Å². The minimum absolute atomic E-state index is 0.0498. The molecule has 108 valence electrons. The molecule has 2 aromatic carbocycles. The molecule has 1 amide bonds. The van der Waals surface area contributed by atoms with Crippen LogP contribution in [-0.4, -0.2) is 12.5 Å². The fraction of sp³-hybridized carbons (Fsp3) is 0.278. The number of hydrogen-bond donors (Lipinski definition) is 1. The molecule has 1 aliphatic heterocycles. The van der Waals surface area contributed by atoms with Crippen LogP contribution in [-0.2, 0) is 6.42 Å². The topological polar surface area (TPSA) is 29.1 Å². The van der Waals surface area contributed by atoms with E-state index in [1.807, 2.05) is 18.2 Å². The Kier molecular flexibility index (Phi) is 4.11. The Hall–Kier alpha value is -1.61. The highest BCUT2D eigenvalue weighted by molar-refractivity contribution is 9.09. The first-order valence-electron chi connectivity index (χ1n) is 7.27. The lowest BCUT2D eigenvalue weighted by atomic mass is 9.95. The summed E-state index contributed by atoms with van der Waals surface area (Å²) < 4.78 is 0. The van der Waals surface area contributed by atoms with Gasteiger partial charge in [0.1, 0.15) is 0 Å². The van der Waals surface area contributed by atoms with Crippen LogP contribution in [0.15, 0.2) is 42.5 Å². The molecule has 3 heteroatoms. The van der Waals surface area contributed by atoms with Crippen molar-refractivity contribution >= 4 is 21.8 Å². The van der Waals surface area contributed by atoms with E-state index in [4.69, 9.17) is 0 Å². The maximum atomic E-state index is 12.2. The van der Waals surface area contributed by atoms with Crippen LogP contribution in [0.1, 0.15) is 43.9 Å². The molecule has 0 aromatic heterocycles. The molecule has 2 aromatic rings. The number of carbonyl (C=O) groups is 1. The number of halogens is 1. The predicted molar refractivity (Wildman–Crippen MR) is 89.0 cm³/mol. The molecule has 0 radical (unpaired) electrons. The van der Waals surface area contributed by atoms with E-state index in [0.717, 1.165) is 36.1 Å². The summed E-state index contributed by atoms with van der Waals surface area (Å²) in [4.78, 5) is 12.3. The van der Waals surface area contributed by atoms with Gasteiger partial charge in [-0.3, -0.25) is 4.79 Å². The molecule has 1 N–H and O–H groups in total. The van der Waals surface area contributed by atoms with Gasteiger partial charge in [0.15, 0.2) is 0 Å². The van der Waals surface area contributed by atoms with E-state index in [0.29, 0.717) is 0 Å². The zero-order chi connectivity index (χ0) is 14.8. The van der Waals surface area contributed by atoms with Crippen LogP contribution in [0.3, 0.4) is 0 Å². The number of amides is 1. The van der Waals surface area contributed by atoms with Gasteiger partial charge in [0.2, 0.25) is 0 Å². The monoisotopic (exact) mass is 343 g/mol. The summed E-state index contributed by atoms with van der Waals surface area (Å²) in [5, 5.41) is 2.96. The van der Waals surface area contributed by atoms with Crippen LogP contribution in [0.2, 0.25) is 0 Å². The van der Waals surface area contributed by atoms with Crippen molar-refractivity contribution in [3.8, 4) is 0 Å². The summed E-state index contributed by atoms with van der Waals surface area (Å²) in [6, 6.07) is 14.6. The largest absolute Gasteiger partial charge is 0.352 e. The van der Waals surface area contributed by atoms with Crippen molar-refractivity contribution in [2.45, 2.75) is 24.6 Å². The fourth-order valence-electron chi connectivity index (χ4n) is 2.81. The third kappa shape index (κ3) is 2.88. The quantitative estimate of drug-likeness (QED) is 0.815. The lowest BCUT2D eigenvalue weighted by molar-refractivity contribution is 0.0956. The molecule has 1 heterocycles. The summed E-state index contributed by atoms with van der Waals surface area (Å²) in [6.07, 6.45) is 1.97. The molecule has 0 fully saturated rings. The van der Waals surface area contributed by atoms with Gasteiger partial charge in [0.05, 0.1) is 4.83 Å². The van der Waals surface area contributed by atoms with Crippen molar-refractivity contribution in [2.24, 2.45) is 0 Å². The third-order valence-electron chi connectivity index (χ3n) is 4.04. The first-order valence-corrected chi connectivity index (χ1v) is 8.19. The summed E-state index contributed by atoms with van der Waals surface area (Å²) in [5.74, 6) is 0.0498. The molecule has 0 bridgehead atoms. The zero-order valence-electron chi connectivity index (χ0n) is 12.0. The van der Waals surface area contributed by atoms with E-state index in [2.05, 4.69) is 52.4 Å². The second-order valence-electron chi connectivity index (χ2n) is 5.50. The Balaban J connectivity index is 2.00. The molecule has 0 spiro atoms. The lowest BCUT2D eigenvalue weighted by Crippen LogP contribution is -2.22. The summed E-state index contributed by atoms with van der Waals surface area (Å²) in [7, 11) is 0. The molecule has 21 heavy (non-hydrogen) atoms. The molecule has 1 unspecified atom stereocenters. The number of benzene rings is 2. The zero-order valence-corrected chi connectivity index (χ0v) is 13.6. The van der Waals surface area contributed by atoms with Crippen molar-refractivity contribution in [2.75, 3.05) is 6.54 Å². The lowest BCUT2D eigenvalue weighted by Gasteiger charge is -2.15. The van der Waals surface area contributed by atoms with Gasteiger partial charge in [0, 0.05) is 12.1 Å². The number of alkyl halides is 1. The number of hydrogen-bond acceptors (Lipinski definition) is 1. The summed E-state index contributed by atoms with van der Waals surface area (Å²) >= 11 is 3.78. The van der Waals surface area contributed by atoms with E-state index in [-0.39, 0.29) is 10.7 Å². The average Bonchev–Trinajstić information content (AvgIpc) is 2.69. The van der Waals surface area contributed by atoms with Crippen LogP contribution in [0.25, 0.3) is 0 Å². The molecule has 1 atom stereocenters. The minimum atomic E-state index is 0.0498. The highest BCUT2D eigenvalue weighted by Crippen LogP contribution is 2.34. The molecule has 2 nitrogen and oxygen atoms in total. The minimum Gasteiger partial charge on any atom is -0.352 e. The number of aryl methyl sites for hydroxylation is 2. The summed E-state index contributed by atoms with van der Waals surface area (Å²) in [6.45, 7) is 2.87. The second-order valence-corrected chi connectivity index (χ2v) is 6.41. The Bertz CT molecular complexity index is 681. The third-order valence-corrected chi connectivity index (χ3v) is 5.06. The Labute approximate surface area is 133 Å². The van der Waals surface area contributed by atoms with Crippen LogP contribution in [0.5, 0.6) is 0 Å².